The molecule has 3 aliphatic rings. The first-order valence-corrected chi connectivity index (χ1v) is 40.2. The van der Waals surface area contributed by atoms with Crippen LogP contribution < -0.4 is 16.8 Å². The van der Waals surface area contributed by atoms with Gasteiger partial charge < -0.3 is 57.2 Å². The van der Waals surface area contributed by atoms with Crippen LogP contribution in [0.4, 0.5) is 0 Å². The molecule has 8 aromatic rings. The second-order valence-electron chi connectivity index (χ2n) is 20.7. The summed E-state index contributed by atoms with van der Waals surface area (Å²) in [5, 5.41) is 11.6. The predicted molar refractivity (Wildman–Crippen MR) is 389 cm³/mol. The van der Waals surface area contributed by atoms with E-state index in [1.54, 1.807) is 42.5 Å². The first-order chi connectivity index (χ1) is 46.5. The van der Waals surface area contributed by atoms with Crippen molar-refractivity contribution in [3.05, 3.63) is 324 Å². The number of hydrogen-bond donors (Lipinski definition) is 4. The average molecular weight is 2090 g/mol. The molecule has 0 saturated heterocycles. The number of esters is 4. The van der Waals surface area contributed by atoms with Gasteiger partial charge >= 0.3 is 114 Å². The summed E-state index contributed by atoms with van der Waals surface area (Å²) in [7, 11) is -1.38. The molecule has 8 N–H and O–H groups in total. The third-order valence-corrected chi connectivity index (χ3v) is 15.2. The summed E-state index contributed by atoms with van der Waals surface area (Å²) in [6, 6.07) is 67.0. The number of imide groups is 1. The van der Waals surface area contributed by atoms with Gasteiger partial charge in [0.25, 0.3) is 0 Å². The fourth-order valence-electron chi connectivity index (χ4n) is 6.85. The molecule has 0 unspecified atom stereocenters. The fourth-order valence-corrected chi connectivity index (χ4v) is 8.28. The van der Waals surface area contributed by atoms with E-state index >= 15 is 0 Å². The summed E-state index contributed by atoms with van der Waals surface area (Å²) in [5.41, 5.74) is 16.5. The molecule has 101 heavy (non-hydrogen) atoms. The summed E-state index contributed by atoms with van der Waals surface area (Å²) in [5.74, 6) is 5.66. The number of benzene rings is 8. The molecule has 8 aromatic carbocycles. The molecule has 15 nitrogen and oxygen atoms in total. The quantitative estimate of drug-likeness (QED) is 0.0163. The second kappa shape index (κ2) is 58.3. The van der Waals surface area contributed by atoms with Crippen LogP contribution in [0.2, 0.25) is 52.4 Å². The molecule has 0 spiro atoms. The van der Waals surface area contributed by atoms with Gasteiger partial charge in [-0.25, -0.2) is 23.9 Å². The Hall–Kier alpha value is -8.36. The van der Waals surface area contributed by atoms with Crippen LogP contribution >= 0.6 is 0 Å². The number of carbonyl (C=O) groups excluding carboxylic acids is 7. The van der Waals surface area contributed by atoms with Gasteiger partial charge in [0.05, 0.1) is 35.2 Å². The zero-order valence-corrected chi connectivity index (χ0v) is 72.8. The van der Waals surface area contributed by atoms with Gasteiger partial charge in [-0.15, -0.1) is 96.1 Å². The van der Waals surface area contributed by atoms with Gasteiger partial charge in [0.2, 0.25) is 11.8 Å². The minimum Gasteiger partial charge on any atom is -0.479 e. The number of nitrogens with two attached hydrogens (primary N) is 2. The number of nitrogens with one attached hydrogen (secondary N) is 1. The molecule has 23 heteroatoms. The van der Waals surface area contributed by atoms with Gasteiger partial charge in [0.15, 0.2) is 5.91 Å². The Kier molecular flexibility index (Phi) is 57.2. The summed E-state index contributed by atoms with van der Waals surface area (Å²) in [4.78, 5) is 87.3. The van der Waals surface area contributed by atoms with Gasteiger partial charge in [0.1, 0.15) is 0 Å². The number of carbonyl (C=O) groups is 6. The molecular formula is C78H76N4O11Si4W4+2. The van der Waals surface area contributed by atoms with Crippen LogP contribution in [0.5, 0.6) is 0 Å². The smallest absolute Gasteiger partial charge is 0.479 e. The van der Waals surface area contributed by atoms with Crippen molar-refractivity contribution < 1.29 is 137 Å². The van der Waals surface area contributed by atoms with Gasteiger partial charge in [-0.05, 0) is 17.9 Å². The molecule has 3 amide bonds. The monoisotopic (exact) mass is 2090 g/mol. The molecule has 4 radical (unpaired) electrons. The molecule has 0 atom stereocenters. The minimum absolute atomic E-state index is 0. The van der Waals surface area contributed by atoms with Crippen molar-refractivity contribution in [2.75, 3.05) is 24.7 Å². The largest absolute Gasteiger partial charge is 2.00 e. The van der Waals surface area contributed by atoms with Crippen molar-refractivity contribution in [2.24, 2.45) is 11.5 Å². The maximum absolute atomic E-state index is 11.9. The number of hydrogen-bond acceptors (Lipinski definition) is 10. The zero-order valence-electron chi connectivity index (χ0n) is 57.1. The van der Waals surface area contributed by atoms with Crippen molar-refractivity contribution in [1.82, 2.24) is 10.2 Å². The molecule has 0 bridgehead atoms. The molecule has 0 aromatic heterocycles. The van der Waals surface area contributed by atoms with E-state index in [2.05, 4.69) is 128 Å². The zero-order chi connectivity index (χ0) is 72.7. The summed E-state index contributed by atoms with van der Waals surface area (Å²) < 4.78 is 8.89. The van der Waals surface area contributed by atoms with E-state index in [1.807, 2.05) is 121 Å². The number of carboxylic acid groups (broad SMARTS) is 1. The second-order valence-corrected chi connectivity index (χ2v) is 31.8. The van der Waals surface area contributed by atoms with Crippen LogP contribution in [0.25, 0.3) is 0 Å². The molecule has 0 aliphatic carbocycles. The molecule has 3 aliphatic heterocycles. The van der Waals surface area contributed by atoms with Crippen molar-refractivity contribution in [2.45, 2.75) is 52.4 Å². The van der Waals surface area contributed by atoms with Crippen LogP contribution in [-0.4, -0.2) is 127 Å². The topological polar surface area (TPSA) is 251 Å². The van der Waals surface area contributed by atoms with E-state index in [0.717, 1.165) is 34.6 Å². The Bertz CT molecular complexity index is 3600. The number of fused-ring (bicyclic) bond motifs is 3. The van der Waals surface area contributed by atoms with Crippen molar-refractivity contribution in [3.63, 3.8) is 0 Å². The van der Waals surface area contributed by atoms with Crippen molar-refractivity contribution >= 4 is 82.8 Å². The minimum atomic E-state index is -1.10. The van der Waals surface area contributed by atoms with Gasteiger partial charge in [0, 0.05) is 34.6 Å². The van der Waals surface area contributed by atoms with Gasteiger partial charge in [-0.2, -0.15) is 84.9 Å². The molecule has 512 valence electrons. The number of ether oxygens (including phenoxy) is 2. The van der Waals surface area contributed by atoms with Gasteiger partial charge in [-0.3, -0.25) is 43.0 Å². The Labute approximate surface area is 660 Å². The molecule has 3 heterocycles. The number of amides is 3. The van der Waals surface area contributed by atoms with E-state index in [0.29, 0.717) is 45.7 Å². The van der Waals surface area contributed by atoms with Crippen LogP contribution in [-0.2, 0) is 93.7 Å². The predicted octanol–water partition coefficient (Wildman–Crippen LogP) is 11.4. The Balaban J connectivity index is -0.000000523. The SMILES string of the molecule is C=C.C[Si](C)CN.C[Si](C)CN.C[Si](C)CN1C(=O)c2c[c-]ccc2C1=O.C[Si](C)CNC(=O)c1c[c-]ccc1C(=O)O.O=C1OC(=[OH+])c2cc[c-]cc21.O=C1OC(=[OH+])c2cc[c-]cc21.[C-]#Cc1ccccc1.[C-]#Cc1ccccc1.[C-]#Cc1ccccc1.[C-]#Cc1ccccc1.[W+2].[W+2].[W+2].[W+2]. The van der Waals surface area contributed by atoms with Gasteiger partial charge in [-0.1, -0.05) is 142 Å². The van der Waals surface area contributed by atoms with Crippen molar-refractivity contribution in [3.8, 4) is 23.7 Å². The third-order valence-electron chi connectivity index (χ3n) is 11.7. The summed E-state index contributed by atoms with van der Waals surface area (Å²) in [6.07, 6.45) is 29.8. The molecular weight excluding hydrogens is 2020 g/mol. The van der Waals surface area contributed by atoms with E-state index in [4.69, 9.17) is 51.9 Å². The number of rotatable bonds is 8. The molecule has 11 rings (SSSR count). The fraction of sp³-hybridized carbons (Fsp3) is 0.154. The Morgan fingerprint density at radius 3 is 1.03 bits per heavy atom. The standard InChI is InChI=1S/C11H13NO3Si.C11H11NO2Si.2C8H3O3.4C8H5.2C3H10NSi.C2H4.4W/c1-16(2)7-12-10(13)8-5-3-4-6-9(8)11(14)15;1-15(2)7-12-10(13)8-5-3-4-6-9(8)11(12)14;2*9-7-5-3-1-2-4-6(5)8(10)11-7;4*1-2-8-6-4-3-5-7-8;2*1-5(2)3-4;1-2;;;;/h4-6H,7H2,1-2H3,(H,12,13)(H,14,15);3,5-6H,7H2,1-2H3;2*1,3-4H;4*3-7H;2*3-4H2,1-2H3;1-2H2;;;;/q8*-1;;;;4*+2/p+2. The first kappa shape index (κ1) is 99.0. The normalized spacial score (nSPS) is 10.5. The van der Waals surface area contributed by atoms with Crippen molar-refractivity contribution in [1.29, 1.82) is 0 Å². The van der Waals surface area contributed by atoms with E-state index in [-0.39, 0.29) is 143 Å². The van der Waals surface area contributed by atoms with Crippen LogP contribution in [0.15, 0.2) is 207 Å². The number of nitrogens with zero attached hydrogens (tertiary/aromatic N) is 1. The molecule has 0 fully saturated rings. The Morgan fingerprint density at radius 2 is 0.762 bits per heavy atom. The summed E-state index contributed by atoms with van der Waals surface area (Å²) >= 11 is 0. The average Bonchev–Trinajstić information content (AvgIpc) is 1.67. The van der Waals surface area contributed by atoms with Crippen LogP contribution in [0.1, 0.15) is 95.5 Å². The number of cyclic esters (lactones) is 4. The van der Waals surface area contributed by atoms with E-state index in [9.17, 15) is 28.8 Å². The molecule has 0 saturated carbocycles. The van der Waals surface area contributed by atoms with Crippen LogP contribution in [0, 0.1) is 73.6 Å². The number of carboxylic acids is 1. The van der Waals surface area contributed by atoms with E-state index in [1.165, 1.54) is 35.2 Å². The van der Waals surface area contributed by atoms with Crippen LogP contribution in [0.3, 0.4) is 0 Å². The summed E-state index contributed by atoms with van der Waals surface area (Å²) in [6.45, 7) is 23.1. The maximum Gasteiger partial charge on any atom is 2.00 e. The Morgan fingerprint density at radius 1 is 0.465 bits per heavy atom. The first-order valence-electron chi connectivity index (χ1n) is 29.4. The third kappa shape index (κ3) is 39.4. The van der Waals surface area contributed by atoms with E-state index < -0.39 is 35.5 Å². The number of aromatic carboxylic acids is 1. The maximum atomic E-state index is 11.9.